The van der Waals surface area contributed by atoms with Gasteiger partial charge < -0.3 is 5.32 Å². The minimum Gasteiger partial charge on any atom is -0.350 e. The predicted octanol–water partition coefficient (Wildman–Crippen LogP) is 3.90. The first-order valence-corrected chi connectivity index (χ1v) is 7.72. The van der Waals surface area contributed by atoms with Gasteiger partial charge in [-0.25, -0.2) is 9.97 Å². The number of nitrogens with one attached hydrogen (secondary N) is 1. The van der Waals surface area contributed by atoms with Gasteiger partial charge in [-0.15, -0.1) is 11.3 Å². The summed E-state index contributed by atoms with van der Waals surface area (Å²) in [7, 11) is 0. The Kier molecular flexibility index (Phi) is 3.92. The zero-order chi connectivity index (χ0) is 14.7. The minimum atomic E-state index is 0.0487. The molecule has 0 unspecified atom stereocenters. The number of carbonyl (C=O) groups is 1. The first-order chi connectivity index (χ1) is 10.3. The van der Waals surface area contributed by atoms with Crippen molar-refractivity contribution >= 4 is 33.3 Å². The molecule has 3 aromatic rings. The van der Waals surface area contributed by atoms with E-state index in [9.17, 15) is 4.79 Å². The molecular weight excluding hydrogens is 282 g/mol. The molecule has 0 saturated heterocycles. The smallest absolute Gasteiger partial charge is 0.224 e. The van der Waals surface area contributed by atoms with E-state index in [1.807, 2.05) is 48.7 Å². The number of fused-ring (bicyclic) bond motifs is 1. The molecule has 5 heteroatoms. The summed E-state index contributed by atoms with van der Waals surface area (Å²) in [6.07, 6.45) is 0.447. The van der Waals surface area contributed by atoms with Crippen molar-refractivity contribution in [2.24, 2.45) is 0 Å². The summed E-state index contributed by atoms with van der Waals surface area (Å²) < 4.78 is 0.868. The highest BCUT2D eigenvalue weighted by atomic mass is 32.1. The van der Waals surface area contributed by atoms with E-state index in [0.29, 0.717) is 24.6 Å². The lowest BCUT2D eigenvalue weighted by molar-refractivity contribution is 0.0985. The van der Waals surface area contributed by atoms with Crippen LogP contribution in [0.25, 0.3) is 10.2 Å². The summed E-state index contributed by atoms with van der Waals surface area (Å²) in [5.74, 6) is 0.550. The van der Waals surface area contributed by atoms with E-state index < -0.39 is 0 Å². The molecule has 0 saturated carbocycles. The number of carbonyl (C=O) groups excluding carboxylic acids is 1. The van der Waals surface area contributed by atoms with Crippen LogP contribution in [0.3, 0.4) is 0 Å². The van der Waals surface area contributed by atoms with Crippen molar-refractivity contribution in [1.29, 1.82) is 0 Å². The minimum absolute atomic E-state index is 0.0487. The molecule has 0 aliphatic heterocycles. The molecule has 4 nitrogen and oxygen atoms in total. The summed E-state index contributed by atoms with van der Waals surface area (Å²) >= 11 is 1.51. The molecule has 2 heterocycles. The van der Waals surface area contributed by atoms with E-state index in [1.165, 1.54) is 11.3 Å². The number of anilines is 1. The maximum Gasteiger partial charge on any atom is 0.224 e. The number of thiophene rings is 1. The van der Waals surface area contributed by atoms with Crippen LogP contribution < -0.4 is 5.32 Å². The zero-order valence-corrected chi connectivity index (χ0v) is 12.5. The van der Waals surface area contributed by atoms with Crippen molar-refractivity contribution in [2.75, 3.05) is 5.32 Å². The summed E-state index contributed by atoms with van der Waals surface area (Å²) in [4.78, 5) is 20.9. The fourth-order valence-electron chi connectivity index (χ4n) is 2.08. The third-order valence-electron chi connectivity index (χ3n) is 3.18. The molecule has 0 atom stereocenters. The van der Waals surface area contributed by atoms with Gasteiger partial charge in [-0.05, 0) is 17.0 Å². The Labute approximate surface area is 126 Å². The molecule has 0 fully saturated rings. The lowest BCUT2D eigenvalue weighted by Gasteiger charge is -2.07. The van der Waals surface area contributed by atoms with Crippen LogP contribution in [-0.2, 0) is 6.54 Å². The van der Waals surface area contributed by atoms with Crippen LogP contribution in [0.15, 0.2) is 41.8 Å². The quantitative estimate of drug-likeness (QED) is 0.726. The van der Waals surface area contributed by atoms with Crippen molar-refractivity contribution < 1.29 is 4.79 Å². The van der Waals surface area contributed by atoms with E-state index in [2.05, 4.69) is 15.3 Å². The van der Waals surface area contributed by atoms with Crippen LogP contribution in [0.2, 0.25) is 0 Å². The highest BCUT2D eigenvalue weighted by Crippen LogP contribution is 2.24. The molecule has 1 N–H and O–H groups in total. The van der Waals surface area contributed by atoms with Crippen molar-refractivity contribution in [3.63, 3.8) is 0 Å². The number of hydrogen-bond donors (Lipinski definition) is 1. The molecule has 0 aliphatic carbocycles. The Morgan fingerprint density at radius 1 is 1.19 bits per heavy atom. The van der Waals surface area contributed by atoms with Gasteiger partial charge in [-0.3, -0.25) is 4.79 Å². The number of rotatable bonds is 5. The molecular formula is C16H15N3OS. The largest absolute Gasteiger partial charge is 0.350 e. The fourth-order valence-corrected chi connectivity index (χ4v) is 2.91. The van der Waals surface area contributed by atoms with Gasteiger partial charge in [-0.1, -0.05) is 37.3 Å². The molecule has 0 radical (unpaired) electrons. The second-order valence-electron chi connectivity index (χ2n) is 4.65. The maximum absolute atomic E-state index is 12.0. The Morgan fingerprint density at radius 3 is 2.76 bits per heavy atom. The Balaban J connectivity index is 1.90. The van der Waals surface area contributed by atoms with Gasteiger partial charge in [0.2, 0.25) is 5.95 Å². The number of aromatic nitrogens is 2. The topological polar surface area (TPSA) is 54.9 Å². The van der Waals surface area contributed by atoms with Crippen LogP contribution in [0, 0.1) is 0 Å². The lowest BCUT2D eigenvalue weighted by Crippen LogP contribution is -2.08. The van der Waals surface area contributed by atoms with E-state index in [1.54, 1.807) is 0 Å². The maximum atomic E-state index is 12.0. The van der Waals surface area contributed by atoms with Crippen LogP contribution in [-0.4, -0.2) is 15.8 Å². The van der Waals surface area contributed by atoms with Gasteiger partial charge in [0, 0.05) is 13.0 Å². The van der Waals surface area contributed by atoms with Crippen LogP contribution in [0.1, 0.15) is 29.4 Å². The first kappa shape index (κ1) is 13.7. The SMILES string of the molecule is CCC(=O)c1nc(NCc2ccccc2)nc2ccsc12. The summed E-state index contributed by atoms with van der Waals surface area (Å²) in [6.45, 7) is 2.48. The average molecular weight is 297 g/mol. The number of ketones is 1. The van der Waals surface area contributed by atoms with Crippen molar-refractivity contribution in [3.8, 4) is 0 Å². The Morgan fingerprint density at radius 2 is 2.00 bits per heavy atom. The second kappa shape index (κ2) is 6.01. The standard InChI is InChI=1S/C16H15N3OS/c1-2-13(20)14-15-12(8-9-21-15)18-16(19-14)17-10-11-6-4-3-5-7-11/h3-9H,2,10H2,1H3,(H,17,18,19). The highest BCUT2D eigenvalue weighted by molar-refractivity contribution is 7.17. The normalized spacial score (nSPS) is 10.7. The molecule has 1 aromatic carbocycles. The van der Waals surface area contributed by atoms with Gasteiger partial charge in [0.25, 0.3) is 0 Å². The van der Waals surface area contributed by atoms with Gasteiger partial charge in [-0.2, -0.15) is 0 Å². The van der Waals surface area contributed by atoms with Gasteiger partial charge in [0.1, 0.15) is 5.69 Å². The van der Waals surface area contributed by atoms with Gasteiger partial charge in [0.05, 0.1) is 10.2 Å². The number of benzene rings is 1. The summed E-state index contributed by atoms with van der Waals surface area (Å²) in [5.41, 5.74) is 2.49. The fraction of sp³-hybridized carbons (Fsp3) is 0.188. The Bertz CT molecular complexity index is 768. The van der Waals surface area contributed by atoms with Gasteiger partial charge >= 0.3 is 0 Å². The number of nitrogens with zero attached hydrogens (tertiary/aromatic N) is 2. The molecule has 106 valence electrons. The summed E-state index contributed by atoms with van der Waals surface area (Å²) in [6, 6.07) is 12.0. The molecule has 3 rings (SSSR count). The number of hydrogen-bond acceptors (Lipinski definition) is 5. The van der Waals surface area contributed by atoms with E-state index in [4.69, 9.17) is 0 Å². The zero-order valence-electron chi connectivity index (χ0n) is 11.7. The van der Waals surface area contributed by atoms with Crippen molar-refractivity contribution in [3.05, 3.63) is 53.0 Å². The van der Waals surface area contributed by atoms with E-state index in [0.717, 1.165) is 15.8 Å². The molecule has 0 aliphatic rings. The molecule has 21 heavy (non-hydrogen) atoms. The highest BCUT2D eigenvalue weighted by Gasteiger charge is 2.14. The third kappa shape index (κ3) is 2.92. The molecule has 2 aromatic heterocycles. The molecule has 0 amide bonds. The van der Waals surface area contributed by atoms with E-state index >= 15 is 0 Å². The molecule has 0 spiro atoms. The number of Topliss-reactive ketones (excluding diaryl/α,β-unsaturated/α-hetero) is 1. The lowest BCUT2D eigenvalue weighted by atomic mass is 10.2. The molecule has 0 bridgehead atoms. The second-order valence-corrected chi connectivity index (χ2v) is 5.56. The van der Waals surface area contributed by atoms with Gasteiger partial charge in [0.15, 0.2) is 5.78 Å². The first-order valence-electron chi connectivity index (χ1n) is 6.84. The third-order valence-corrected chi connectivity index (χ3v) is 4.09. The van der Waals surface area contributed by atoms with Crippen LogP contribution in [0.4, 0.5) is 5.95 Å². The van der Waals surface area contributed by atoms with Crippen molar-refractivity contribution in [2.45, 2.75) is 19.9 Å². The van der Waals surface area contributed by atoms with E-state index in [-0.39, 0.29) is 5.78 Å². The van der Waals surface area contributed by atoms with Crippen LogP contribution >= 0.6 is 11.3 Å². The Hall–Kier alpha value is -2.27. The van der Waals surface area contributed by atoms with Crippen molar-refractivity contribution in [1.82, 2.24) is 9.97 Å². The predicted molar refractivity (Wildman–Crippen MR) is 85.8 cm³/mol. The summed E-state index contributed by atoms with van der Waals surface area (Å²) in [5, 5.41) is 5.13. The van der Waals surface area contributed by atoms with Crippen LogP contribution in [0.5, 0.6) is 0 Å². The monoisotopic (exact) mass is 297 g/mol. The average Bonchev–Trinajstić information content (AvgIpc) is 3.00.